The Morgan fingerprint density at radius 3 is 2.41 bits per heavy atom. The van der Waals surface area contributed by atoms with E-state index < -0.39 is 17.9 Å². The minimum Gasteiger partial charge on any atom is -0.351 e. The minimum atomic E-state index is -0.889. The largest absolute Gasteiger partial charge is 0.351 e. The molecule has 0 radical (unpaired) electrons. The van der Waals surface area contributed by atoms with E-state index in [0.29, 0.717) is 17.7 Å². The second-order valence-corrected chi connectivity index (χ2v) is 8.47. The third-order valence-corrected chi connectivity index (χ3v) is 6.12. The van der Waals surface area contributed by atoms with E-state index in [1.54, 1.807) is 19.2 Å². The SMILES string of the molecule is CCCC(NC)C(=O)N(c1cccc(F)c1)C(C(=O)NC1CCCCC1)c1ccccc1. The van der Waals surface area contributed by atoms with Crippen LogP contribution in [0, 0.1) is 5.82 Å². The van der Waals surface area contributed by atoms with Gasteiger partial charge in [-0.15, -0.1) is 0 Å². The van der Waals surface area contributed by atoms with Gasteiger partial charge in [-0.25, -0.2) is 4.39 Å². The van der Waals surface area contributed by atoms with E-state index in [-0.39, 0.29) is 17.9 Å². The summed E-state index contributed by atoms with van der Waals surface area (Å²) in [5, 5.41) is 6.26. The van der Waals surface area contributed by atoms with Gasteiger partial charge in [0.05, 0.1) is 6.04 Å². The molecule has 2 aromatic rings. The molecule has 0 aromatic heterocycles. The Morgan fingerprint density at radius 2 is 1.78 bits per heavy atom. The molecule has 1 aliphatic carbocycles. The van der Waals surface area contributed by atoms with Crippen LogP contribution in [-0.2, 0) is 9.59 Å². The van der Waals surface area contributed by atoms with Gasteiger partial charge >= 0.3 is 0 Å². The number of nitrogens with zero attached hydrogens (tertiary/aromatic N) is 1. The van der Waals surface area contributed by atoms with Crippen LogP contribution in [0.4, 0.5) is 10.1 Å². The van der Waals surface area contributed by atoms with Gasteiger partial charge in [0.2, 0.25) is 11.8 Å². The summed E-state index contributed by atoms with van der Waals surface area (Å²) in [6.07, 6.45) is 6.67. The van der Waals surface area contributed by atoms with E-state index in [1.807, 2.05) is 37.3 Å². The van der Waals surface area contributed by atoms with Crippen molar-refractivity contribution in [2.24, 2.45) is 0 Å². The van der Waals surface area contributed by atoms with Crippen LogP contribution < -0.4 is 15.5 Å². The van der Waals surface area contributed by atoms with E-state index in [4.69, 9.17) is 0 Å². The minimum absolute atomic E-state index is 0.0997. The van der Waals surface area contributed by atoms with Gasteiger partial charge in [0.25, 0.3) is 0 Å². The summed E-state index contributed by atoms with van der Waals surface area (Å²) in [7, 11) is 1.74. The van der Waals surface area contributed by atoms with Gasteiger partial charge in [0, 0.05) is 11.7 Å². The first-order valence-corrected chi connectivity index (χ1v) is 11.7. The average molecular weight is 440 g/mol. The molecule has 0 aliphatic heterocycles. The Labute approximate surface area is 190 Å². The van der Waals surface area contributed by atoms with Crippen molar-refractivity contribution in [3.8, 4) is 0 Å². The van der Waals surface area contributed by atoms with Crippen molar-refractivity contribution >= 4 is 17.5 Å². The van der Waals surface area contributed by atoms with Gasteiger partial charge in [-0.3, -0.25) is 14.5 Å². The highest BCUT2D eigenvalue weighted by Gasteiger charge is 2.36. The number of rotatable bonds is 9. The van der Waals surface area contributed by atoms with Crippen LogP contribution in [0.1, 0.15) is 63.5 Å². The van der Waals surface area contributed by atoms with Crippen molar-refractivity contribution in [3.05, 3.63) is 66.0 Å². The van der Waals surface area contributed by atoms with Gasteiger partial charge in [-0.2, -0.15) is 0 Å². The normalized spacial score (nSPS) is 16.2. The Bertz CT molecular complexity index is 884. The number of carbonyl (C=O) groups is 2. The third-order valence-electron chi connectivity index (χ3n) is 6.12. The molecule has 2 atom stereocenters. The summed E-state index contributed by atoms with van der Waals surface area (Å²) in [5.74, 6) is -0.920. The lowest BCUT2D eigenvalue weighted by Gasteiger charge is -2.35. The predicted molar refractivity (Wildman–Crippen MR) is 126 cm³/mol. The van der Waals surface area contributed by atoms with Crippen molar-refractivity contribution in [1.82, 2.24) is 10.6 Å². The lowest BCUT2D eigenvalue weighted by Crippen LogP contribution is -2.52. The molecule has 2 unspecified atom stereocenters. The highest BCUT2D eigenvalue weighted by atomic mass is 19.1. The van der Waals surface area contributed by atoms with Gasteiger partial charge in [0.1, 0.15) is 11.9 Å². The molecule has 32 heavy (non-hydrogen) atoms. The van der Waals surface area contributed by atoms with Crippen molar-refractivity contribution in [2.75, 3.05) is 11.9 Å². The predicted octanol–water partition coefficient (Wildman–Crippen LogP) is 4.74. The first-order valence-electron chi connectivity index (χ1n) is 11.7. The maximum atomic E-state index is 14.2. The second kappa shape index (κ2) is 11.8. The molecule has 0 heterocycles. The van der Waals surface area contributed by atoms with Gasteiger partial charge in [-0.1, -0.05) is 69.0 Å². The Hall–Kier alpha value is -2.73. The summed E-state index contributed by atoms with van der Waals surface area (Å²) in [4.78, 5) is 28.9. The zero-order valence-electron chi connectivity index (χ0n) is 19.0. The molecule has 1 saturated carbocycles. The number of likely N-dealkylation sites (N-methyl/N-ethyl adjacent to an activating group) is 1. The van der Waals surface area contributed by atoms with Crippen LogP contribution in [0.15, 0.2) is 54.6 Å². The molecule has 0 bridgehead atoms. The van der Waals surface area contributed by atoms with Crippen LogP contribution >= 0.6 is 0 Å². The van der Waals surface area contributed by atoms with Crippen LogP contribution in [0.25, 0.3) is 0 Å². The number of anilines is 1. The molecule has 1 aliphatic rings. The summed E-state index contributed by atoms with van der Waals surface area (Å²) in [6.45, 7) is 2.01. The molecule has 5 nitrogen and oxygen atoms in total. The molecule has 172 valence electrons. The number of benzene rings is 2. The van der Waals surface area contributed by atoms with Gasteiger partial charge in [-0.05, 0) is 50.1 Å². The standard InChI is InChI=1S/C26H34FN3O2/c1-3-11-23(28-2)26(32)30(22-17-10-14-20(27)18-22)24(19-12-6-4-7-13-19)25(31)29-21-15-8-5-9-16-21/h4,6-7,10,12-14,17-18,21,23-24,28H,3,5,8-9,11,15-16H2,1-2H3,(H,29,31). The van der Waals surface area contributed by atoms with Crippen molar-refractivity contribution in [2.45, 2.75) is 70.0 Å². The Kier molecular flexibility index (Phi) is 8.80. The fourth-order valence-electron chi connectivity index (χ4n) is 4.46. The van der Waals surface area contributed by atoms with E-state index in [2.05, 4.69) is 10.6 Å². The molecule has 2 aromatic carbocycles. The van der Waals surface area contributed by atoms with Crippen molar-refractivity contribution < 1.29 is 14.0 Å². The molecule has 0 saturated heterocycles. The Balaban J connectivity index is 2.05. The zero-order chi connectivity index (χ0) is 22.9. The number of carbonyl (C=O) groups excluding carboxylic acids is 2. The maximum absolute atomic E-state index is 14.2. The van der Waals surface area contributed by atoms with Crippen LogP contribution in [0.5, 0.6) is 0 Å². The molecule has 1 fully saturated rings. The number of halogens is 1. The smallest absolute Gasteiger partial charge is 0.248 e. The first-order chi connectivity index (χ1) is 15.5. The van der Waals surface area contributed by atoms with E-state index in [0.717, 1.165) is 32.1 Å². The summed E-state index contributed by atoms with van der Waals surface area (Å²) >= 11 is 0. The summed E-state index contributed by atoms with van der Waals surface area (Å²) < 4.78 is 14.2. The molecule has 6 heteroatoms. The summed E-state index contributed by atoms with van der Waals surface area (Å²) in [5.41, 5.74) is 1.07. The summed E-state index contributed by atoms with van der Waals surface area (Å²) in [6, 6.07) is 13.9. The van der Waals surface area contributed by atoms with Crippen molar-refractivity contribution in [3.63, 3.8) is 0 Å². The quantitative estimate of drug-likeness (QED) is 0.593. The number of nitrogens with one attached hydrogen (secondary N) is 2. The van der Waals surface area contributed by atoms with Gasteiger partial charge < -0.3 is 10.6 Å². The highest BCUT2D eigenvalue weighted by Crippen LogP contribution is 2.30. The molecular weight excluding hydrogens is 405 g/mol. The van der Waals surface area contributed by atoms with Gasteiger partial charge in [0.15, 0.2) is 0 Å². The number of amides is 2. The number of hydrogen-bond acceptors (Lipinski definition) is 3. The van der Waals surface area contributed by atoms with E-state index in [9.17, 15) is 14.0 Å². The topological polar surface area (TPSA) is 61.4 Å². The monoisotopic (exact) mass is 439 g/mol. The molecular formula is C26H34FN3O2. The second-order valence-electron chi connectivity index (χ2n) is 8.47. The fraction of sp³-hybridized carbons (Fsp3) is 0.462. The van der Waals surface area contributed by atoms with Crippen LogP contribution in [-0.4, -0.2) is 30.9 Å². The molecule has 2 N–H and O–H groups in total. The lowest BCUT2D eigenvalue weighted by molar-refractivity contribution is -0.128. The first kappa shape index (κ1) is 23.9. The van der Waals surface area contributed by atoms with Crippen LogP contribution in [0.2, 0.25) is 0 Å². The maximum Gasteiger partial charge on any atom is 0.248 e. The number of hydrogen-bond donors (Lipinski definition) is 2. The fourth-order valence-corrected chi connectivity index (χ4v) is 4.46. The molecule has 2 amide bonds. The zero-order valence-corrected chi connectivity index (χ0v) is 19.0. The Morgan fingerprint density at radius 1 is 1.06 bits per heavy atom. The molecule has 3 rings (SSSR count). The van der Waals surface area contributed by atoms with Crippen LogP contribution in [0.3, 0.4) is 0 Å². The third kappa shape index (κ3) is 5.94. The van der Waals surface area contributed by atoms with E-state index in [1.165, 1.54) is 23.5 Å². The molecule has 0 spiro atoms. The average Bonchev–Trinajstić information content (AvgIpc) is 2.81. The highest BCUT2D eigenvalue weighted by molar-refractivity contribution is 6.03. The van der Waals surface area contributed by atoms with E-state index >= 15 is 0 Å². The lowest BCUT2D eigenvalue weighted by atomic mass is 9.94. The van der Waals surface area contributed by atoms with Crippen molar-refractivity contribution in [1.29, 1.82) is 0 Å².